The average molecular weight is 303 g/mol. The zero-order valence-electron chi connectivity index (χ0n) is 13.4. The molecule has 1 aromatic carbocycles. The van der Waals surface area contributed by atoms with Crippen molar-refractivity contribution in [2.45, 2.75) is 33.9 Å². The fraction of sp³-hybridized carbons (Fsp3) is 0.471. The summed E-state index contributed by atoms with van der Waals surface area (Å²) in [5, 5.41) is 6.67. The van der Waals surface area contributed by atoms with E-state index < -0.39 is 0 Å². The van der Waals surface area contributed by atoms with Crippen molar-refractivity contribution in [2.24, 2.45) is 5.92 Å². The van der Waals surface area contributed by atoms with E-state index in [1.54, 1.807) is 11.3 Å². The fourth-order valence-corrected chi connectivity index (χ4v) is 2.94. The molecule has 2 rings (SSSR count). The molecular weight excluding hydrogens is 278 g/mol. The largest absolute Gasteiger partial charge is 0.347 e. The van der Waals surface area contributed by atoms with Gasteiger partial charge in [0.1, 0.15) is 0 Å². The van der Waals surface area contributed by atoms with Crippen molar-refractivity contribution in [3.63, 3.8) is 0 Å². The summed E-state index contributed by atoms with van der Waals surface area (Å²) >= 11 is 1.72. The van der Waals surface area contributed by atoms with Gasteiger partial charge in [-0.3, -0.25) is 0 Å². The van der Waals surface area contributed by atoms with Gasteiger partial charge in [0.25, 0.3) is 0 Å². The Labute approximate surface area is 132 Å². The standard InChI is InChI=1S/C17H25N3S/c1-13(2)9-18-10-16-12-21-17(19-16)20(4)11-15-8-6-5-7-14(15)3/h5-8,12-13,18H,9-11H2,1-4H3. The molecule has 4 heteroatoms. The second kappa shape index (κ2) is 7.57. The Morgan fingerprint density at radius 1 is 1.29 bits per heavy atom. The van der Waals surface area contributed by atoms with Crippen LogP contribution >= 0.6 is 11.3 Å². The number of aryl methyl sites for hydroxylation is 1. The van der Waals surface area contributed by atoms with E-state index >= 15 is 0 Å². The van der Waals surface area contributed by atoms with Crippen molar-refractivity contribution < 1.29 is 0 Å². The predicted octanol–water partition coefficient (Wildman–Crippen LogP) is 3.83. The summed E-state index contributed by atoms with van der Waals surface area (Å²) < 4.78 is 0. The number of rotatable bonds is 7. The molecule has 0 spiro atoms. The van der Waals surface area contributed by atoms with Gasteiger partial charge >= 0.3 is 0 Å². The van der Waals surface area contributed by atoms with E-state index in [4.69, 9.17) is 4.98 Å². The van der Waals surface area contributed by atoms with E-state index in [-0.39, 0.29) is 0 Å². The van der Waals surface area contributed by atoms with Crippen LogP contribution in [-0.2, 0) is 13.1 Å². The van der Waals surface area contributed by atoms with Gasteiger partial charge < -0.3 is 10.2 Å². The number of hydrogen-bond donors (Lipinski definition) is 1. The third-order valence-electron chi connectivity index (χ3n) is 3.39. The van der Waals surface area contributed by atoms with Gasteiger partial charge in [-0.2, -0.15) is 0 Å². The number of nitrogens with zero attached hydrogens (tertiary/aromatic N) is 2. The Morgan fingerprint density at radius 2 is 2.05 bits per heavy atom. The number of hydrogen-bond acceptors (Lipinski definition) is 4. The molecule has 3 nitrogen and oxygen atoms in total. The zero-order chi connectivity index (χ0) is 15.2. The first-order valence-electron chi connectivity index (χ1n) is 7.47. The Bertz CT molecular complexity index is 563. The van der Waals surface area contributed by atoms with Crippen LogP contribution in [0, 0.1) is 12.8 Å². The van der Waals surface area contributed by atoms with Gasteiger partial charge in [-0.25, -0.2) is 4.98 Å². The van der Waals surface area contributed by atoms with Crippen LogP contribution in [0.1, 0.15) is 30.7 Å². The number of benzene rings is 1. The van der Waals surface area contributed by atoms with Crippen LogP contribution in [0.4, 0.5) is 5.13 Å². The van der Waals surface area contributed by atoms with Gasteiger partial charge in [0.2, 0.25) is 0 Å². The molecule has 0 saturated carbocycles. The molecular formula is C17H25N3S. The van der Waals surface area contributed by atoms with E-state index in [9.17, 15) is 0 Å². The van der Waals surface area contributed by atoms with E-state index in [0.29, 0.717) is 5.92 Å². The summed E-state index contributed by atoms with van der Waals surface area (Å²) in [5.74, 6) is 0.673. The minimum Gasteiger partial charge on any atom is -0.347 e. The number of nitrogens with one attached hydrogen (secondary N) is 1. The smallest absolute Gasteiger partial charge is 0.185 e. The van der Waals surface area contributed by atoms with Gasteiger partial charge in [-0.15, -0.1) is 11.3 Å². The van der Waals surface area contributed by atoms with E-state index in [2.05, 4.69) is 67.7 Å². The average Bonchev–Trinajstić information content (AvgIpc) is 2.90. The summed E-state index contributed by atoms with van der Waals surface area (Å²) in [6, 6.07) is 8.52. The first-order valence-corrected chi connectivity index (χ1v) is 8.35. The summed E-state index contributed by atoms with van der Waals surface area (Å²) in [7, 11) is 2.11. The Morgan fingerprint density at radius 3 is 2.76 bits per heavy atom. The summed E-state index contributed by atoms with van der Waals surface area (Å²) in [6.07, 6.45) is 0. The van der Waals surface area contributed by atoms with Crippen LogP contribution in [0.25, 0.3) is 0 Å². The van der Waals surface area contributed by atoms with Crippen molar-refractivity contribution in [1.82, 2.24) is 10.3 Å². The molecule has 0 bridgehead atoms. The molecule has 114 valence electrons. The second-order valence-electron chi connectivity index (χ2n) is 5.93. The molecule has 0 atom stereocenters. The minimum atomic E-state index is 0.673. The lowest BCUT2D eigenvalue weighted by Crippen LogP contribution is -2.20. The molecule has 1 heterocycles. The zero-order valence-corrected chi connectivity index (χ0v) is 14.2. The van der Waals surface area contributed by atoms with Gasteiger partial charge in [-0.1, -0.05) is 38.1 Å². The molecule has 0 unspecified atom stereocenters. The highest BCUT2D eigenvalue weighted by Crippen LogP contribution is 2.22. The molecule has 2 aromatic rings. The van der Waals surface area contributed by atoms with Crippen LogP contribution in [0.3, 0.4) is 0 Å². The number of thiazole rings is 1. The van der Waals surface area contributed by atoms with Crippen LogP contribution < -0.4 is 10.2 Å². The molecule has 0 saturated heterocycles. The molecule has 0 radical (unpaired) electrons. The van der Waals surface area contributed by atoms with Gasteiger partial charge in [0.05, 0.1) is 5.69 Å². The molecule has 0 aliphatic carbocycles. The molecule has 0 fully saturated rings. The Hall–Kier alpha value is -1.39. The van der Waals surface area contributed by atoms with Gasteiger partial charge in [-0.05, 0) is 30.5 Å². The maximum absolute atomic E-state index is 4.71. The fourth-order valence-electron chi connectivity index (χ4n) is 2.15. The van der Waals surface area contributed by atoms with E-state index in [1.807, 2.05) is 0 Å². The van der Waals surface area contributed by atoms with Crippen LogP contribution in [0.15, 0.2) is 29.6 Å². The quantitative estimate of drug-likeness (QED) is 0.842. The van der Waals surface area contributed by atoms with Crippen LogP contribution in [-0.4, -0.2) is 18.6 Å². The molecule has 0 amide bonds. The first kappa shape index (κ1) is 16.0. The topological polar surface area (TPSA) is 28.2 Å². The summed E-state index contributed by atoms with van der Waals surface area (Å²) in [6.45, 7) is 9.38. The number of anilines is 1. The highest BCUT2D eigenvalue weighted by atomic mass is 32.1. The minimum absolute atomic E-state index is 0.673. The lowest BCUT2D eigenvalue weighted by molar-refractivity contribution is 0.549. The van der Waals surface area contributed by atoms with Crippen LogP contribution in [0.2, 0.25) is 0 Å². The highest BCUT2D eigenvalue weighted by molar-refractivity contribution is 7.13. The number of aromatic nitrogens is 1. The van der Waals surface area contributed by atoms with Crippen molar-refractivity contribution in [2.75, 3.05) is 18.5 Å². The van der Waals surface area contributed by atoms with Crippen molar-refractivity contribution in [1.29, 1.82) is 0 Å². The van der Waals surface area contributed by atoms with Gasteiger partial charge in [0.15, 0.2) is 5.13 Å². The normalized spacial score (nSPS) is 11.1. The van der Waals surface area contributed by atoms with E-state index in [1.165, 1.54) is 11.1 Å². The molecule has 0 aliphatic heterocycles. The van der Waals surface area contributed by atoms with Crippen LogP contribution in [0.5, 0.6) is 0 Å². The highest BCUT2D eigenvalue weighted by Gasteiger charge is 2.09. The predicted molar refractivity (Wildman–Crippen MR) is 91.9 cm³/mol. The van der Waals surface area contributed by atoms with Gasteiger partial charge in [0, 0.05) is 25.5 Å². The third-order valence-corrected chi connectivity index (χ3v) is 4.40. The maximum atomic E-state index is 4.71. The maximum Gasteiger partial charge on any atom is 0.185 e. The lowest BCUT2D eigenvalue weighted by Gasteiger charge is -2.17. The molecule has 1 N–H and O–H groups in total. The Balaban J connectivity index is 1.93. The van der Waals surface area contributed by atoms with Crippen molar-refractivity contribution >= 4 is 16.5 Å². The first-order chi connectivity index (χ1) is 10.1. The third kappa shape index (κ3) is 4.83. The Kier molecular flexibility index (Phi) is 5.76. The van der Waals surface area contributed by atoms with E-state index in [0.717, 1.165) is 30.5 Å². The lowest BCUT2D eigenvalue weighted by atomic mass is 10.1. The van der Waals surface area contributed by atoms with Crippen molar-refractivity contribution in [3.8, 4) is 0 Å². The monoisotopic (exact) mass is 303 g/mol. The summed E-state index contributed by atoms with van der Waals surface area (Å²) in [5.41, 5.74) is 3.82. The molecule has 21 heavy (non-hydrogen) atoms. The summed E-state index contributed by atoms with van der Waals surface area (Å²) in [4.78, 5) is 6.94. The molecule has 0 aliphatic rings. The SMILES string of the molecule is Cc1ccccc1CN(C)c1nc(CNCC(C)C)cs1. The van der Waals surface area contributed by atoms with Crippen molar-refractivity contribution in [3.05, 3.63) is 46.5 Å². The second-order valence-corrected chi connectivity index (χ2v) is 6.77. The molecule has 1 aromatic heterocycles.